The largest absolute Gasteiger partial charge is 0.393 e. The molecule has 1 aromatic carbocycles. The maximum atomic E-state index is 9.30. The summed E-state index contributed by atoms with van der Waals surface area (Å²) in [6.45, 7) is 5.38. The zero-order chi connectivity index (χ0) is 11.4. The molecule has 1 atom stereocenters. The van der Waals surface area contributed by atoms with Gasteiger partial charge in [-0.05, 0) is 31.0 Å². The van der Waals surface area contributed by atoms with Gasteiger partial charge in [0.1, 0.15) is 0 Å². The van der Waals surface area contributed by atoms with Gasteiger partial charge in [-0.25, -0.2) is 0 Å². The summed E-state index contributed by atoms with van der Waals surface area (Å²) in [5.74, 6) is 0. The Labute approximate surface area is 96.6 Å². The van der Waals surface area contributed by atoms with Gasteiger partial charge in [0, 0.05) is 18.8 Å². The van der Waals surface area contributed by atoms with Crippen molar-refractivity contribution < 1.29 is 9.84 Å². The van der Waals surface area contributed by atoms with Gasteiger partial charge in [0.2, 0.25) is 0 Å². The zero-order valence-electron chi connectivity index (χ0n) is 9.72. The van der Waals surface area contributed by atoms with E-state index in [1.165, 1.54) is 11.3 Å². The minimum absolute atomic E-state index is 0.269. The highest BCUT2D eigenvalue weighted by Crippen LogP contribution is 2.17. The molecule has 1 fully saturated rings. The summed E-state index contributed by atoms with van der Waals surface area (Å²) in [4.78, 5) is 2.33. The summed E-state index contributed by atoms with van der Waals surface area (Å²) < 4.78 is 5.32. The molecule has 88 valence electrons. The molecule has 2 rings (SSSR count). The molecule has 1 heterocycles. The van der Waals surface area contributed by atoms with Crippen molar-refractivity contribution in [2.45, 2.75) is 19.4 Å². The first-order valence-corrected chi connectivity index (χ1v) is 5.85. The quantitative estimate of drug-likeness (QED) is 0.838. The second-order valence-electron chi connectivity index (χ2n) is 4.32. The molecular formula is C13H19NO2. The van der Waals surface area contributed by atoms with Gasteiger partial charge in [-0.2, -0.15) is 0 Å². The van der Waals surface area contributed by atoms with Gasteiger partial charge in [0.05, 0.1) is 19.3 Å². The Morgan fingerprint density at radius 1 is 1.25 bits per heavy atom. The van der Waals surface area contributed by atoms with Crippen LogP contribution in [0.5, 0.6) is 0 Å². The van der Waals surface area contributed by atoms with Crippen LogP contribution in [0, 0.1) is 0 Å². The Bertz CT molecular complexity index is 315. The van der Waals surface area contributed by atoms with Gasteiger partial charge in [0.25, 0.3) is 0 Å². The number of hydrogen-bond acceptors (Lipinski definition) is 3. The van der Waals surface area contributed by atoms with Gasteiger partial charge in [0.15, 0.2) is 0 Å². The normalized spacial score (nSPS) is 18.5. The minimum atomic E-state index is -0.269. The lowest BCUT2D eigenvalue weighted by Crippen LogP contribution is -2.36. The SMILES string of the molecule is C[C@@H](O)Cc1ccc(N2CCOCC2)cc1. The third-order valence-corrected chi connectivity index (χ3v) is 2.84. The average molecular weight is 221 g/mol. The third kappa shape index (κ3) is 2.97. The lowest BCUT2D eigenvalue weighted by molar-refractivity contribution is 0.122. The predicted molar refractivity (Wildman–Crippen MR) is 64.9 cm³/mol. The number of benzene rings is 1. The number of ether oxygens (including phenoxy) is 1. The Kier molecular flexibility index (Phi) is 3.80. The number of rotatable bonds is 3. The van der Waals surface area contributed by atoms with E-state index in [0.29, 0.717) is 0 Å². The van der Waals surface area contributed by atoms with Gasteiger partial charge < -0.3 is 14.7 Å². The van der Waals surface area contributed by atoms with E-state index in [-0.39, 0.29) is 6.10 Å². The van der Waals surface area contributed by atoms with E-state index in [1.807, 2.05) is 6.92 Å². The molecule has 1 aliphatic heterocycles. The van der Waals surface area contributed by atoms with Crippen molar-refractivity contribution in [3.63, 3.8) is 0 Å². The summed E-state index contributed by atoms with van der Waals surface area (Å²) in [6, 6.07) is 8.45. The molecule has 0 aromatic heterocycles. The fourth-order valence-electron chi connectivity index (χ4n) is 2.01. The summed E-state index contributed by atoms with van der Waals surface area (Å²) >= 11 is 0. The number of aliphatic hydroxyl groups excluding tert-OH is 1. The van der Waals surface area contributed by atoms with Crippen LogP contribution in [0.2, 0.25) is 0 Å². The highest BCUT2D eigenvalue weighted by Gasteiger charge is 2.10. The molecule has 1 N–H and O–H groups in total. The number of nitrogens with zero attached hydrogens (tertiary/aromatic N) is 1. The van der Waals surface area contributed by atoms with Crippen LogP contribution in [0.1, 0.15) is 12.5 Å². The van der Waals surface area contributed by atoms with Crippen molar-refractivity contribution in [2.24, 2.45) is 0 Å². The van der Waals surface area contributed by atoms with Crippen LogP contribution in [0.3, 0.4) is 0 Å². The first-order valence-electron chi connectivity index (χ1n) is 5.85. The third-order valence-electron chi connectivity index (χ3n) is 2.84. The topological polar surface area (TPSA) is 32.7 Å². The van der Waals surface area contributed by atoms with E-state index in [4.69, 9.17) is 4.74 Å². The molecule has 1 aromatic rings. The first-order chi connectivity index (χ1) is 7.75. The average Bonchev–Trinajstić information content (AvgIpc) is 2.30. The molecule has 0 aliphatic carbocycles. The van der Waals surface area contributed by atoms with Gasteiger partial charge in [-0.15, -0.1) is 0 Å². The monoisotopic (exact) mass is 221 g/mol. The molecule has 1 saturated heterocycles. The molecule has 0 radical (unpaired) electrons. The summed E-state index contributed by atoms with van der Waals surface area (Å²) in [7, 11) is 0. The van der Waals surface area contributed by atoms with Crippen LogP contribution in [0.15, 0.2) is 24.3 Å². The van der Waals surface area contributed by atoms with Crippen LogP contribution in [-0.4, -0.2) is 37.5 Å². The van der Waals surface area contributed by atoms with E-state index < -0.39 is 0 Å². The molecule has 0 amide bonds. The van der Waals surface area contributed by atoms with Crippen molar-refractivity contribution in [1.82, 2.24) is 0 Å². The Morgan fingerprint density at radius 3 is 2.44 bits per heavy atom. The molecular weight excluding hydrogens is 202 g/mol. The van der Waals surface area contributed by atoms with E-state index >= 15 is 0 Å². The lowest BCUT2D eigenvalue weighted by atomic mass is 10.1. The smallest absolute Gasteiger partial charge is 0.0642 e. The maximum absolute atomic E-state index is 9.30. The van der Waals surface area contributed by atoms with Crippen LogP contribution < -0.4 is 4.90 Å². The Balaban J connectivity index is 2.00. The molecule has 16 heavy (non-hydrogen) atoms. The van der Waals surface area contributed by atoms with Crippen LogP contribution in [0.25, 0.3) is 0 Å². The number of hydrogen-bond donors (Lipinski definition) is 1. The zero-order valence-corrected chi connectivity index (χ0v) is 9.72. The van der Waals surface area contributed by atoms with Crippen molar-refractivity contribution >= 4 is 5.69 Å². The number of anilines is 1. The summed E-state index contributed by atoms with van der Waals surface area (Å²) in [5, 5.41) is 9.30. The fourth-order valence-corrected chi connectivity index (χ4v) is 2.01. The van der Waals surface area contributed by atoms with Crippen molar-refractivity contribution in [3.8, 4) is 0 Å². The van der Waals surface area contributed by atoms with Crippen LogP contribution in [0.4, 0.5) is 5.69 Å². The van der Waals surface area contributed by atoms with E-state index in [1.54, 1.807) is 0 Å². The highest BCUT2D eigenvalue weighted by molar-refractivity contribution is 5.47. The Hall–Kier alpha value is -1.06. The molecule has 3 nitrogen and oxygen atoms in total. The Morgan fingerprint density at radius 2 is 1.88 bits per heavy atom. The van der Waals surface area contributed by atoms with Gasteiger partial charge in [-0.3, -0.25) is 0 Å². The second kappa shape index (κ2) is 5.32. The molecule has 0 unspecified atom stereocenters. The van der Waals surface area contributed by atoms with Gasteiger partial charge >= 0.3 is 0 Å². The van der Waals surface area contributed by atoms with Gasteiger partial charge in [-0.1, -0.05) is 12.1 Å². The van der Waals surface area contributed by atoms with Crippen molar-refractivity contribution in [2.75, 3.05) is 31.2 Å². The van der Waals surface area contributed by atoms with E-state index in [0.717, 1.165) is 32.7 Å². The first kappa shape index (κ1) is 11.4. The van der Waals surface area contributed by atoms with E-state index in [2.05, 4.69) is 29.2 Å². The van der Waals surface area contributed by atoms with Crippen molar-refractivity contribution in [1.29, 1.82) is 0 Å². The number of aliphatic hydroxyl groups is 1. The van der Waals surface area contributed by atoms with Crippen LogP contribution in [-0.2, 0) is 11.2 Å². The summed E-state index contributed by atoms with van der Waals surface area (Å²) in [6.07, 6.45) is 0.456. The minimum Gasteiger partial charge on any atom is -0.393 e. The summed E-state index contributed by atoms with van der Waals surface area (Å²) in [5.41, 5.74) is 2.43. The van der Waals surface area contributed by atoms with Crippen molar-refractivity contribution in [3.05, 3.63) is 29.8 Å². The molecule has 1 aliphatic rings. The van der Waals surface area contributed by atoms with E-state index in [9.17, 15) is 5.11 Å². The lowest BCUT2D eigenvalue weighted by Gasteiger charge is -2.29. The maximum Gasteiger partial charge on any atom is 0.0642 e. The molecule has 0 spiro atoms. The molecule has 3 heteroatoms. The standard InChI is InChI=1S/C13H19NO2/c1-11(15)10-12-2-4-13(5-3-12)14-6-8-16-9-7-14/h2-5,11,15H,6-10H2,1H3/t11-/m1/s1. The highest BCUT2D eigenvalue weighted by atomic mass is 16.5. The predicted octanol–water partition coefficient (Wildman–Crippen LogP) is 1.45. The fraction of sp³-hybridized carbons (Fsp3) is 0.538. The van der Waals surface area contributed by atoms with Crippen LogP contribution >= 0.6 is 0 Å². The number of morpholine rings is 1. The molecule has 0 saturated carbocycles. The molecule has 0 bridgehead atoms. The second-order valence-corrected chi connectivity index (χ2v) is 4.32.